The van der Waals surface area contributed by atoms with E-state index in [9.17, 15) is 13.2 Å². The average molecular weight is 469 g/mol. The summed E-state index contributed by atoms with van der Waals surface area (Å²) in [4.78, 5) is 12.6. The van der Waals surface area contributed by atoms with Gasteiger partial charge in [0.15, 0.2) is 0 Å². The van der Waals surface area contributed by atoms with E-state index in [1.165, 1.54) is 4.57 Å². The lowest BCUT2D eigenvalue weighted by Crippen LogP contribution is -2.17. The molecule has 0 fully saturated rings. The Hall–Kier alpha value is -3.29. The monoisotopic (exact) mass is 468 g/mol. The molecule has 0 atom stereocenters. The second-order valence-electron chi connectivity index (χ2n) is 7.28. The molecule has 0 unspecified atom stereocenters. The summed E-state index contributed by atoms with van der Waals surface area (Å²) < 4.78 is 34.5. The summed E-state index contributed by atoms with van der Waals surface area (Å²) in [5.41, 5.74) is 1.67. The van der Waals surface area contributed by atoms with Crippen LogP contribution in [-0.2, 0) is 17.1 Å². The predicted molar refractivity (Wildman–Crippen MR) is 129 cm³/mol. The summed E-state index contributed by atoms with van der Waals surface area (Å²) in [6.07, 6.45) is 1.73. The number of halogens is 1. The first-order valence-corrected chi connectivity index (χ1v) is 12.0. The van der Waals surface area contributed by atoms with Gasteiger partial charge in [-0.25, -0.2) is 8.42 Å². The molecule has 0 saturated carbocycles. The third kappa shape index (κ3) is 4.49. The normalized spacial score (nSPS) is 11.5. The van der Waals surface area contributed by atoms with E-state index in [4.69, 9.17) is 16.3 Å². The van der Waals surface area contributed by atoms with Crippen molar-refractivity contribution in [2.75, 3.05) is 10.5 Å². The van der Waals surface area contributed by atoms with Gasteiger partial charge >= 0.3 is 0 Å². The molecule has 0 aliphatic carbocycles. The molecule has 1 heterocycles. The fourth-order valence-corrected chi connectivity index (χ4v) is 4.16. The van der Waals surface area contributed by atoms with E-state index in [0.717, 1.165) is 10.9 Å². The smallest absolute Gasteiger partial charge is 0.258 e. The van der Waals surface area contributed by atoms with E-state index >= 15 is 0 Å². The molecule has 0 radical (unpaired) electrons. The van der Waals surface area contributed by atoms with E-state index < -0.39 is 10.0 Å². The van der Waals surface area contributed by atoms with Crippen LogP contribution >= 0.6 is 11.6 Å². The van der Waals surface area contributed by atoms with Crippen LogP contribution in [0.5, 0.6) is 11.5 Å². The molecule has 32 heavy (non-hydrogen) atoms. The number of nitrogens with zero attached hydrogens (tertiary/aromatic N) is 1. The predicted octanol–water partition coefficient (Wildman–Crippen LogP) is 5.41. The summed E-state index contributed by atoms with van der Waals surface area (Å²) in [7, 11) is -1.78. The van der Waals surface area contributed by atoms with Gasteiger partial charge in [0.1, 0.15) is 11.5 Å². The van der Waals surface area contributed by atoms with Gasteiger partial charge in [-0.1, -0.05) is 29.8 Å². The summed E-state index contributed by atoms with van der Waals surface area (Å²) in [6.45, 7) is 1.57. The molecule has 4 rings (SSSR count). The molecule has 8 heteroatoms. The van der Waals surface area contributed by atoms with Crippen molar-refractivity contribution < 1.29 is 13.2 Å². The molecule has 3 aromatic carbocycles. The molecule has 4 aromatic rings. The molecule has 1 N–H and O–H groups in total. The van der Waals surface area contributed by atoms with E-state index in [2.05, 4.69) is 4.72 Å². The maximum Gasteiger partial charge on any atom is 0.258 e. The first-order valence-electron chi connectivity index (χ1n) is 9.94. The van der Waals surface area contributed by atoms with Crippen molar-refractivity contribution in [3.8, 4) is 22.6 Å². The standard InChI is InChI=1S/C24H21ClN2O4S/c1-3-32(29,30)26-17-10-13-23(31-18-11-8-16(25)9-12-18)21(14-17)22-15-27(2)24(28)20-7-5-4-6-19(20)22/h4-15,26H,3H2,1-2H3. The minimum atomic E-state index is -3.47. The summed E-state index contributed by atoms with van der Waals surface area (Å²) in [6, 6.07) is 19.3. The lowest BCUT2D eigenvalue weighted by atomic mass is 9.99. The van der Waals surface area contributed by atoms with Crippen LogP contribution in [0.3, 0.4) is 0 Å². The molecule has 164 valence electrons. The zero-order valence-corrected chi connectivity index (χ0v) is 19.1. The van der Waals surface area contributed by atoms with Crippen molar-refractivity contribution in [3.05, 3.63) is 88.3 Å². The maximum absolute atomic E-state index is 12.6. The quantitative estimate of drug-likeness (QED) is 0.410. The van der Waals surface area contributed by atoms with Crippen molar-refractivity contribution in [2.45, 2.75) is 6.92 Å². The van der Waals surface area contributed by atoms with Crippen LogP contribution in [0.4, 0.5) is 5.69 Å². The Morgan fingerprint density at radius 3 is 2.34 bits per heavy atom. The Bertz CT molecular complexity index is 1460. The highest BCUT2D eigenvalue weighted by Gasteiger charge is 2.16. The van der Waals surface area contributed by atoms with Crippen LogP contribution in [0.15, 0.2) is 77.7 Å². The van der Waals surface area contributed by atoms with Gasteiger partial charge in [-0.15, -0.1) is 0 Å². The second kappa shape index (κ2) is 8.68. The number of benzene rings is 3. The highest BCUT2D eigenvalue weighted by molar-refractivity contribution is 7.92. The van der Waals surface area contributed by atoms with Crippen LogP contribution < -0.4 is 15.0 Å². The third-order valence-electron chi connectivity index (χ3n) is 5.06. The number of hydrogen-bond acceptors (Lipinski definition) is 4. The minimum Gasteiger partial charge on any atom is -0.457 e. The van der Waals surface area contributed by atoms with E-state index in [1.54, 1.807) is 68.7 Å². The molecule has 0 saturated heterocycles. The molecular formula is C24H21ClN2O4S. The molecule has 1 aromatic heterocycles. The van der Waals surface area contributed by atoms with Gasteiger partial charge in [-0.05, 0) is 60.8 Å². The largest absolute Gasteiger partial charge is 0.457 e. The minimum absolute atomic E-state index is 0.0475. The number of aryl methyl sites for hydroxylation is 1. The molecule has 0 aliphatic rings. The van der Waals surface area contributed by atoms with Crippen LogP contribution in [-0.4, -0.2) is 18.7 Å². The van der Waals surface area contributed by atoms with Crippen molar-refractivity contribution >= 4 is 38.1 Å². The zero-order chi connectivity index (χ0) is 22.9. The average Bonchev–Trinajstić information content (AvgIpc) is 2.78. The summed E-state index contributed by atoms with van der Waals surface area (Å²) in [5.74, 6) is 1.04. The van der Waals surface area contributed by atoms with Gasteiger partial charge in [-0.3, -0.25) is 9.52 Å². The van der Waals surface area contributed by atoms with Gasteiger partial charge in [0.05, 0.1) is 5.75 Å². The highest BCUT2D eigenvalue weighted by atomic mass is 35.5. The number of sulfonamides is 1. The lowest BCUT2D eigenvalue weighted by molar-refractivity contribution is 0.484. The Kier molecular flexibility index (Phi) is 5.95. The Labute approximate surface area is 191 Å². The van der Waals surface area contributed by atoms with Gasteiger partial charge < -0.3 is 9.30 Å². The number of pyridine rings is 1. The number of fused-ring (bicyclic) bond motifs is 1. The third-order valence-corrected chi connectivity index (χ3v) is 6.61. The molecule has 0 bridgehead atoms. The number of anilines is 1. The SMILES string of the molecule is CCS(=O)(=O)Nc1ccc(Oc2ccc(Cl)cc2)c(-c2cn(C)c(=O)c3ccccc23)c1. The number of ether oxygens (including phenoxy) is 1. The molecule has 0 amide bonds. The van der Waals surface area contributed by atoms with Crippen LogP contribution in [0.1, 0.15) is 6.92 Å². The van der Waals surface area contributed by atoms with Crippen molar-refractivity contribution in [1.82, 2.24) is 4.57 Å². The van der Waals surface area contributed by atoms with E-state index in [0.29, 0.717) is 33.2 Å². The van der Waals surface area contributed by atoms with Gasteiger partial charge in [0.2, 0.25) is 10.0 Å². The molecular weight excluding hydrogens is 448 g/mol. The number of rotatable bonds is 6. The summed E-state index contributed by atoms with van der Waals surface area (Å²) >= 11 is 5.98. The van der Waals surface area contributed by atoms with Crippen molar-refractivity contribution in [2.24, 2.45) is 7.05 Å². The van der Waals surface area contributed by atoms with Crippen molar-refractivity contribution in [3.63, 3.8) is 0 Å². The topological polar surface area (TPSA) is 77.4 Å². The Balaban J connectivity index is 1.93. The Morgan fingerprint density at radius 2 is 1.66 bits per heavy atom. The zero-order valence-electron chi connectivity index (χ0n) is 17.5. The number of hydrogen-bond donors (Lipinski definition) is 1. The lowest BCUT2D eigenvalue weighted by Gasteiger charge is -2.16. The summed E-state index contributed by atoms with van der Waals surface area (Å²) in [5, 5.41) is 1.89. The van der Waals surface area contributed by atoms with Crippen molar-refractivity contribution in [1.29, 1.82) is 0 Å². The fraction of sp³-hybridized carbons (Fsp3) is 0.125. The second-order valence-corrected chi connectivity index (χ2v) is 9.72. The van der Waals surface area contributed by atoms with E-state index in [-0.39, 0.29) is 11.3 Å². The van der Waals surface area contributed by atoms with Crippen LogP contribution in [0.2, 0.25) is 5.02 Å². The van der Waals surface area contributed by atoms with Gasteiger partial charge in [0.25, 0.3) is 5.56 Å². The number of nitrogens with one attached hydrogen (secondary N) is 1. The van der Waals surface area contributed by atoms with Crippen LogP contribution in [0, 0.1) is 0 Å². The fourth-order valence-electron chi connectivity index (χ4n) is 3.41. The highest BCUT2D eigenvalue weighted by Crippen LogP contribution is 2.38. The molecule has 0 spiro atoms. The Morgan fingerprint density at radius 1 is 0.969 bits per heavy atom. The van der Waals surface area contributed by atoms with Gasteiger partial charge in [0, 0.05) is 40.5 Å². The first kappa shape index (κ1) is 21.9. The molecule has 0 aliphatic heterocycles. The molecule has 6 nitrogen and oxygen atoms in total. The number of aromatic nitrogens is 1. The van der Waals surface area contributed by atoms with Gasteiger partial charge in [-0.2, -0.15) is 0 Å². The van der Waals surface area contributed by atoms with E-state index in [1.807, 2.05) is 18.2 Å². The van der Waals surface area contributed by atoms with Crippen LogP contribution in [0.25, 0.3) is 21.9 Å². The maximum atomic E-state index is 12.6. The first-order chi connectivity index (χ1) is 15.3.